The highest BCUT2D eigenvalue weighted by molar-refractivity contribution is 5.64. The molecule has 2 heteroatoms. The molecule has 1 unspecified atom stereocenters. The van der Waals surface area contributed by atoms with E-state index >= 15 is 0 Å². The van der Waals surface area contributed by atoms with Crippen molar-refractivity contribution in [1.29, 1.82) is 0 Å². The lowest BCUT2D eigenvalue weighted by Crippen LogP contribution is -2.04. The van der Waals surface area contributed by atoms with Gasteiger partial charge in [0.15, 0.2) is 0 Å². The molecular formula is C32H50O2. The van der Waals surface area contributed by atoms with Crippen molar-refractivity contribution in [3.8, 4) is 22.6 Å². The molecule has 0 spiro atoms. The Bertz CT molecular complexity index is 733. The average molecular weight is 467 g/mol. The third-order valence-corrected chi connectivity index (χ3v) is 6.67. The molecule has 0 bridgehead atoms. The monoisotopic (exact) mass is 466 g/mol. The molecule has 2 aromatic carbocycles. The Morgan fingerprint density at radius 1 is 0.529 bits per heavy atom. The summed E-state index contributed by atoms with van der Waals surface area (Å²) in [6, 6.07) is 17.0. The van der Waals surface area contributed by atoms with Gasteiger partial charge in [-0.25, -0.2) is 0 Å². The zero-order chi connectivity index (χ0) is 24.4. The molecule has 0 aliphatic carbocycles. The SMILES string of the molecule is CCCCCCCCCCOc1ccc(-c2ccc(OCCC(C)CCCC(C)C)cc2)cc1. The van der Waals surface area contributed by atoms with Gasteiger partial charge < -0.3 is 9.47 Å². The molecular weight excluding hydrogens is 416 g/mol. The molecule has 0 N–H and O–H groups in total. The molecule has 0 saturated heterocycles. The minimum absolute atomic E-state index is 0.731. The van der Waals surface area contributed by atoms with Crippen LogP contribution in [-0.4, -0.2) is 13.2 Å². The first-order valence-electron chi connectivity index (χ1n) is 14.0. The van der Waals surface area contributed by atoms with Crippen LogP contribution in [0.1, 0.15) is 105 Å². The first-order valence-corrected chi connectivity index (χ1v) is 14.0. The minimum Gasteiger partial charge on any atom is -0.494 e. The van der Waals surface area contributed by atoms with Crippen molar-refractivity contribution < 1.29 is 9.47 Å². The van der Waals surface area contributed by atoms with Gasteiger partial charge in [0.25, 0.3) is 0 Å². The molecule has 0 saturated carbocycles. The van der Waals surface area contributed by atoms with Crippen LogP contribution in [0.2, 0.25) is 0 Å². The summed E-state index contributed by atoms with van der Waals surface area (Å²) in [5.41, 5.74) is 2.42. The summed E-state index contributed by atoms with van der Waals surface area (Å²) < 4.78 is 11.9. The Kier molecular flexibility index (Phi) is 14.5. The van der Waals surface area contributed by atoms with Crippen molar-refractivity contribution in [2.45, 2.75) is 105 Å². The van der Waals surface area contributed by atoms with E-state index < -0.39 is 0 Å². The van der Waals surface area contributed by atoms with Crippen LogP contribution < -0.4 is 9.47 Å². The lowest BCUT2D eigenvalue weighted by molar-refractivity contribution is 0.276. The topological polar surface area (TPSA) is 18.5 Å². The van der Waals surface area contributed by atoms with Crippen LogP contribution in [0.5, 0.6) is 11.5 Å². The van der Waals surface area contributed by atoms with E-state index in [9.17, 15) is 0 Å². The van der Waals surface area contributed by atoms with Crippen LogP contribution in [0, 0.1) is 11.8 Å². The molecule has 34 heavy (non-hydrogen) atoms. The maximum absolute atomic E-state index is 5.99. The van der Waals surface area contributed by atoms with Crippen molar-refractivity contribution in [1.82, 2.24) is 0 Å². The van der Waals surface area contributed by atoms with E-state index in [1.807, 2.05) is 0 Å². The third kappa shape index (κ3) is 12.5. The van der Waals surface area contributed by atoms with Crippen LogP contribution >= 0.6 is 0 Å². The molecule has 0 amide bonds. The van der Waals surface area contributed by atoms with Crippen molar-refractivity contribution in [2.75, 3.05) is 13.2 Å². The van der Waals surface area contributed by atoms with Gasteiger partial charge in [0, 0.05) is 0 Å². The summed E-state index contributed by atoms with van der Waals surface area (Å²) in [5.74, 6) is 3.47. The van der Waals surface area contributed by atoms with Crippen molar-refractivity contribution in [2.24, 2.45) is 11.8 Å². The Morgan fingerprint density at radius 3 is 1.56 bits per heavy atom. The van der Waals surface area contributed by atoms with Crippen molar-refractivity contribution >= 4 is 0 Å². The molecule has 0 fully saturated rings. The van der Waals surface area contributed by atoms with Crippen molar-refractivity contribution in [3.63, 3.8) is 0 Å². The van der Waals surface area contributed by atoms with Gasteiger partial charge in [0.2, 0.25) is 0 Å². The number of hydrogen-bond donors (Lipinski definition) is 0. The fourth-order valence-electron chi connectivity index (χ4n) is 4.31. The highest BCUT2D eigenvalue weighted by atomic mass is 16.5. The van der Waals surface area contributed by atoms with E-state index in [2.05, 4.69) is 76.2 Å². The summed E-state index contributed by atoms with van der Waals surface area (Å²) in [7, 11) is 0. The summed E-state index contributed by atoms with van der Waals surface area (Å²) in [4.78, 5) is 0. The van der Waals surface area contributed by atoms with Crippen molar-refractivity contribution in [3.05, 3.63) is 48.5 Å². The maximum Gasteiger partial charge on any atom is 0.119 e. The zero-order valence-electron chi connectivity index (χ0n) is 22.5. The number of rotatable bonds is 19. The molecule has 0 heterocycles. The Hall–Kier alpha value is -1.96. The average Bonchev–Trinajstić information content (AvgIpc) is 2.84. The number of unbranched alkanes of at least 4 members (excludes halogenated alkanes) is 7. The number of benzene rings is 2. The molecule has 1 atom stereocenters. The Morgan fingerprint density at radius 2 is 1.03 bits per heavy atom. The van der Waals surface area contributed by atoms with Gasteiger partial charge >= 0.3 is 0 Å². The van der Waals surface area contributed by atoms with Gasteiger partial charge in [-0.05, 0) is 60.1 Å². The minimum atomic E-state index is 0.731. The number of ether oxygens (including phenoxy) is 2. The Balaban J connectivity index is 1.63. The predicted molar refractivity (Wildman–Crippen MR) is 148 cm³/mol. The van der Waals surface area contributed by atoms with E-state index in [0.29, 0.717) is 0 Å². The first kappa shape index (κ1) is 28.3. The van der Waals surface area contributed by atoms with Gasteiger partial charge in [-0.15, -0.1) is 0 Å². The fraction of sp³-hybridized carbons (Fsp3) is 0.625. The van der Waals surface area contributed by atoms with Crippen LogP contribution in [0.3, 0.4) is 0 Å². The molecule has 2 aromatic rings. The molecule has 0 aliphatic heterocycles. The quantitative estimate of drug-likeness (QED) is 0.192. The lowest BCUT2D eigenvalue weighted by Gasteiger charge is -2.13. The standard InChI is InChI=1S/C32H50O2/c1-5-6-7-8-9-10-11-12-25-33-31-20-16-29(17-21-31)30-18-22-32(23-19-30)34-26-24-28(4)15-13-14-27(2)3/h16-23,27-28H,5-15,24-26H2,1-4H3. The first-order chi connectivity index (χ1) is 16.6. The number of hydrogen-bond acceptors (Lipinski definition) is 2. The summed E-state index contributed by atoms with van der Waals surface area (Å²) >= 11 is 0. The summed E-state index contributed by atoms with van der Waals surface area (Å²) in [6.45, 7) is 10.8. The van der Waals surface area contributed by atoms with Gasteiger partial charge in [-0.2, -0.15) is 0 Å². The molecule has 2 rings (SSSR count). The van der Waals surface area contributed by atoms with E-state index in [1.165, 1.54) is 75.3 Å². The molecule has 0 aliphatic rings. The smallest absolute Gasteiger partial charge is 0.119 e. The van der Waals surface area contributed by atoms with E-state index in [-0.39, 0.29) is 0 Å². The summed E-state index contributed by atoms with van der Waals surface area (Å²) in [5, 5.41) is 0. The fourth-order valence-corrected chi connectivity index (χ4v) is 4.31. The van der Waals surface area contributed by atoms with Gasteiger partial charge in [-0.1, -0.05) is 116 Å². The van der Waals surface area contributed by atoms with Crippen LogP contribution in [-0.2, 0) is 0 Å². The van der Waals surface area contributed by atoms with Gasteiger partial charge in [0.05, 0.1) is 13.2 Å². The zero-order valence-corrected chi connectivity index (χ0v) is 22.5. The Labute approximate surface area is 210 Å². The molecule has 2 nitrogen and oxygen atoms in total. The van der Waals surface area contributed by atoms with E-state index in [0.717, 1.165) is 49.4 Å². The summed E-state index contributed by atoms with van der Waals surface area (Å²) in [6.07, 6.45) is 15.7. The normalized spacial score (nSPS) is 12.1. The van der Waals surface area contributed by atoms with Crippen LogP contribution in [0.25, 0.3) is 11.1 Å². The third-order valence-electron chi connectivity index (χ3n) is 6.67. The highest BCUT2D eigenvalue weighted by Gasteiger charge is 2.05. The largest absolute Gasteiger partial charge is 0.494 e. The van der Waals surface area contributed by atoms with Gasteiger partial charge in [-0.3, -0.25) is 0 Å². The second-order valence-electron chi connectivity index (χ2n) is 10.4. The highest BCUT2D eigenvalue weighted by Crippen LogP contribution is 2.25. The maximum atomic E-state index is 5.99. The molecule has 0 radical (unpaired) electrons. The molecule has 0 aromatic heterocycles. The second kappa shape index (κ2) is 17.5. The van der Waals surface area contributed by atoms with E-state index in [4.69, 9.17) is 9.47 Å². The predicted octanol–water partition coefficient (Wildman–Crippen LogP) is 10.1. The second-order valence-corrected chi connectivity index (χ2v) is 10.4. The van der Waals surface area contributed by atoms with E-state index in [1.54, 1.807) is 0 Å². The van der Waals surface area contributed by atoms with Crippen LogP contribution in [0.4, 0.5) is 0 Å². The van der Waals surface area contributed by atoms with Crippen LogP contribution in [0.15, 0.2) is 48.5 Å². The lowest BCUT2D eigenvalue weighted by atomic mass is 9.98. The van der Waals surface area contributed by atoms with Gasteiger partial charge in [0.1, 0.15) is 11.5 Å². The molecule has 190 valence electrons.